The highest BCUT2D eigenvalue weighted by Gasteiger charge is 2.17. The van der Waals surface area contributed by atoms with Gasteiger partial charge in [-0.2, -0.15) is 0 Å². The molecule has 4 N–H and O–H groups in total. The van der Waals surface area contributed by atoms with E-state index in [9.17, 15) is 4.79 Å². The molecule has 0 saturated heterocycles. The number of rotatable bonds is 3. The standard InChI is InChI=1S/C17H18ClN5O/c1-9-12(18)5-4-6-13(9)20-16(24)11-7-10(19)8-14-15(11)22-17(21-14)23(2)3/h4-8H,19H2,1-3H3,(H,20,24)(H,21,22). The molecule has 1 aromatic heterocycles. The lowest BCUT2D eigenvalue weighted by Crippen LogP contribution is -2.14. The van der Waals surface area contributed by atoms with Crippen LogP contribution >= 0.6 is 11.6 Å². The van der Waals surface area contributed by atoms with Gasteiger partial charge in [0.2, 0.25) is 5.95 Å². The van der Waals surface area contributed by atoms with Gasteiger partial charge < -0.3 is 20.9 Å². The van der Waals surface area contributed by atoms with Gasteiger partial charge in [-0.05, 0) is 36.8 Å². The van der Waals surface area contributed by atoms with Crippen LogP contribution in [0.25, 0.3) is 11.0 Å². The Kier molecular flexibility index (Phi) is 4.07. The van der Waals surface area contributed by atoms with Gasteiger partial charge in [-0.15, -0.1) is 0 Å². The number of benzene rings is 2. The lowest BCUT2D eigenvalue weighted by molar-refractivity contribution is 0.102. The number of amides is 1. The molecule has 0 unspecified atom stereocenters. The zero-order chi connectivity index (χ0) is 17.4. The predicted molar refractivity (Wildman–Crippen MR) is 99.0 cm³/mol. The van der Waals surface area contributed by atoms with Crippen molar-refractivity contribution in [3.8, 4) is 0 Å². The van der Waals surface area contributed by atoms with Crippen LogP contribution in [-0.2, 0) is 0 Å². The number of fused-ring (bicyclic) bond motifs is 1. The smallest absolute Gasteiger partial charge is 0.258 e. The molecule has 1 heterocycles. The minimum absolute atomic E-state index is 0.283. The van der Waals surface area contributed by atoms with E-state index in [1.807, 2.05) is 25.9 Å². The molecular weight excluding hydrogens is 326 g/mol. The molecule has 0 aliphatic carbocycles. The highest BCUT2D eigenvalue weighted by molar-refractivity contribution is 6.31. The molecule has 3 aromatic rings. The second-order valence-corrected chi connectivity index (χ2v) is 6.19. The molecule has 1 amide bonds. The molecule has 124 valence electrons. The molecular formula is C17H18ClN5O. The van der Waals surface area contributed by atoms with Crippen LogP contribution in [0, 0.1) is 6.92 Å². The second-order valence-electron chi connectivity index (χ2n) is 5.79. The number of hydrogen-bond donors (Lipinski definition) is 3. The number of carbonyl (C=O) groups is 1. The molecule has 0 saturated carbocycles. The highest BCUT2D eigenvalue weighted by Crippen LogP contribution is 2.26. The Labute approximate surface area is 144 Å². The molecule has 3 rings (SSSR count). The number of carbonyl (C=O) groups excluding carboxylic acids is 1. The Balaban J connectivity index is 2.04. The minimum Gasteiger partial charge on any atom is -0.399 e. The van der Waals surface area contributed by atoms with Crippen LogP contribution in [0.3, 0.4) is 0 Å². The number of nitrogens with one attached hydrogen (secondary N) is 2. The predicted octanol–water partition coefficient (Wildman–Crippen LogP) is 3.43. The molecule has 24 heavy (non-hydrogen) atoms. The zero-order valence-electron chi connectivity index (χ0n) is 13.6. The minimum atomic E-state index is -0.283. The van der Waals surface area contributed by atoms with Gasteiger partial charge in [0.05, 0.1) is 11.1 Å². The Morgan fingerprint density at radius 2 is 2.08 bits per heavy atom. The lowest BCUT2D eigenvalue weighted by atomic mass is 10.1. The van der Waals surface area contributed by atoms with Gasteiger partial charge in [-0.1, -0.05) is 17.7 Å². The fourth-order valence-electron chi connectivity index (χ4n) is 2.44. The zero-order valence-corrected chi connectivity index (χ0v) is 14.4. The van der Waals surface area contributed by atoms with Gasteiger partial charge in [0, 0.05) is 30.5 Å². The van der Waals surface area contributed by atoms with Crippen molar-refractivity contribution in [2.45, 2.75) is 6.92 Å². The number of aromatic amines is 1. The summed E-state index contributed by atoms with van der Waals surface area (Å²) in [6.45, 7) is 1.85. The van der Waals surface area contributed by atoms with E-state index < -0.39 is 0 Å². The lowest BCUT2D eigenvalue weighted by Gasteiger charge is -2.10. The van der Waals surface area contributed by atoms with Crippen LogP contribution in [0.4, 0.5) is 17.3 Å². The van der Waals surface area contributed by atoms with Gasteiger partial charge in [0.1, 0.15) is 5.52 Å². The summed E-state index contributed by atoms with van der Waals surface area (Å²) in [5.41, 5.74) is 9.59. The van der Waals surface area contributed by atoms with Crippen molar-refractivity contribution in [2.24, 2.45) is 0 Å². The van der Waals surface area contributed by atoms with Crippen molar-refractivity contribution in [1.29, 1.82) is 0 Å². The van der Waals surface area contributed by atoms with E-state index in [1.54, 1.807) is 30.3 Å². The Hall–Kier alpha value is -2.73. The van der Waals surface area contributed by atoms with E-state index in [0.717, 1.165) is 5.56 Å². The number of hydrogen-bond acceptors (Lipinski definition) is 4. The third kappa shape index (κ3) is 2.88. The first-order valence-corrected chi connectivity index (χ1v) is 7.77. The number of nitrogens with zero attached hydrogens (tertiary/aromatic N) is 2. The Bertz CT molecular complexity index is 932. The number of aromatic nitrogens is 2. The van der Waals surface area contributed by atoms with Crippen LogP contribution in [0.15, 0.2) is 30.3 Å². The van der Waals surface area contributed by atoms with Crippen molar-refractivity contribution in [1.82, 2.24) is 9.97 Å². The first kappa shape index (κ1) is 16.1. The summed E-state index contributed by atoms with van der Waals surface area (Å²) >= 11 is 6.11. The number of H-pyrrole nitrogens is 1. The van der Waals surface area contributed by atoms with E-state index >= 15 is 0 Å². The average molecular weight is 344 g/mol. The van der Waals surface area contributed by atoms with E-state index in [1.165, 1.54) is 0 Å². The summed E-state index contributed by atoms with van der Waals surface area (Å²) in [5, 5.41) is 3.48. The Morgan fingerprint density at radius 3 is 2.79 bits per heavy atom. The highest BCUT2D eigenvalue weighted by atomic mass is 35.5. The molecule has 0 radical (unpaired) electrons. The van der Waals surface area contributed by atoms with Crippen LogP contribution in [0.2, 0.25) is 5.02 Å². The monoisotopic (exact) mass is 343 g/mol. The normalized spacial score (nSPS) is 10.8. The first-order chi connectivity index (χ1) is 11.4. The summed E-state index contributed by atoms with van der Waals surface area (Å²) < 4.78 is 0. The molecule has 6 nitrogen and oxygen atoms in total. The summed E-state index contributed by atoms with van der Waals surface area (Å²) in [5.74, 6) is 0.373. The number of imidazole rings is 1. The van der Waals surface area contributed by atoms with Crippen LogP contribution < -0.4 is 16.0 Å². The largest absolute Gasteiger partial charge is 0.399 e. The third-order valence-corrected chi connectivity index (χ3v) is 4.19. The summed E-state index contributed by atoms with van der Waals surface area (Å²) in [7, 11) is 3.74. The van der Waals surface area contributed by atoms with Crippen LogP contribution in [-0.4, -0.2) is 30.0 Å². The van der Waals surface area contributed by atoms with E-state index in [4.69, 9.17) is 17.3 Å². The first-order valence-electron chi connectivity index (χ1n) is 7.40. The summed E-state index contributed by atoms with van der Waals surface area (Å²) in [4.78, 5) is 22.2. The molecule has 0 aliphatic rings. The van der Waals surface area contributed by atoms with Crippen molar-refractivity contribution in [3.63, 3.8) is 0 Å². The van der Waals surface area contributed by atoms with E-state index in [0.29, 0.717) is 38.9 Å². The van der Waals surface area contributed by atoms with Gasteiger partial charge in [-0.3, -0.25) is 4.79 Å². The van der Waals surface area contributed by atoms with E-state index in [-0.39, 0.29) is 5.91 Å². The maximum absolute atomic E-state index is 12.7. The van der Waals surface area contributed by atoms with Crippen molar-refractivity contribution >= 4 is 45.9 Å². The molecule has 0 atom stereocenters. The van der Waals surface area contributed by atoms with Crippen molar-refractivity contribution in [3.05, 3.63) is 46.5 Å². The molecule has 7 heteroatoms. The van der Waals surface area contributed by atoms with E-state index in [2.05, 4.69) is 15.3 Å². The fraction of sp³-hybridized carbons (Fsp3) is 0.176. The maximum Gasteiger partial charge on any atom is 0.258 e. The van der Waals surface area contributed by atoms with Crippen molar-refractivity contribution in [2.75, 3.05) is 30.0 Å². The Morgan fingerprint density at radius 1 is 1.33 bits per heavy atom. The SMILES string of the molecule is Cc1c(Cl)cccc1NC(=O)c1cc(N)cc2[nH]c(N(C)C)nc12. The summed E-state index contributed by atoms with van der Waals surface area (Å²) in [6.07, 6.45) is 0. The topological polar surface area (TPSA) is 87.0 Å². The molecule has 0 bridgehead atoms. The van der Waals surface area contributed by atoms with Crippen LogP contribution in [0.1, 0.15) is 15.9 Å². The fourth-order valence-corrected chi connectivity index (χ4v) is 2.62. The van der Waals surface area contributed by atoms with Crippen molar-refractivity contribution < 1.29 is 4.79 Å². The summed E-state index contributed by atoms with van der Waals surface area (Å²) in [6, 6.07) is 8.76. The van der Waals surface area contributed by atoms with Gasteiger partial charge in [0.25, 0.3) is 5.91 Å². The number of halogens is 1. The third-order valence-electron chi connectivity index (χ3n) is 3.78. The van der Waals surface area contributed by atoms with Gasteiger partial charge in [-0.25, -0.2) is 4.98 Å². The number of nitrogen functional groups attached to an aromatic ring is 1. The van der Waals surface area contributed by atoms with Gasteiger partial charge in [0.15, 0.2) is 0 Å². The molecule has 0 spiro atoms. The molecule has 2 aromatic carbocycles. The van der Waals surface area contributed by atoms with Crippen LogP contribution in [0.5, 0.6) is 0 Å². The van der Waals surface area contributed by atoms with Gasteiger partial charge >= 0.3 is 0 Å². The quantitative estimate of drug-likeness (QED) is 0.636. The maximum atomic E-state index is 12.7. The molecule has 0 fully saturated rings. The number of anilines is 3. The second kappa shape index (κ2) is 6.05. The average Bonchev–Trinajstić information content (AvgIpc) is 2.95. The molecule has 0 aliphatic heterocycles. The number of nitrogens with two attached hydrogens (primary N) is 1.